The molecule has 30 heavy (non-hydrogen) atoms. The molecule has 0 fully saturated rings. The Morgan fingerprint density at radius 1 is 0.933 bits per heavy atom. The van der Waals surface area contributed by atoms with Gasteiger partial charge in [-0.15, -0.1) is 0 Å². The van der Waals surface area contributed by atoms with E-state index in [0.717, 1.165) is 28.1 Å². The summed E-state index contributed by atoms with van der Waals surface area (Å²) in [4.78, 5) is 25.7. The van der Waals surface area contributed by atoms with E-state index >= 15 is 0 Å². The van der Waals surface area contributed by atoms with Crippen molar-refractivity contribution in [3.8, 4) is 0 Å². The molecule has 0 bridgehead atoms. The number of carbonyl (C=O) groups excluding carboxylic acids is 2. The Morgan fingerprint density at radius 3 is 2.03 bits per heavy atom. The van der Waals surface area contributed by atoms with Crippen molar-refractivity contribution in [1.82, 2.24) is 9.78 Å². The maximum atomic E-state index is 13.1. The summed E-state index contributed by atoms with van der Waals surface area (Å²) in [5.74, 6) is -0.835. The van der Waals surface area contributed by atoms with E-state index in [1.54, 1.807) is 22.9 Å². The lowest BCUT2D eigenvalue weighted by atomic mass is 9.98. The number of hydrogen-bond acceptors (Lipinski definition) is 4. The smallest absolute Gasteiger partial charge is 0.331 e. The number of aryl methyl sites for hydroxylation is 4. The molecule has 0 saturated heterocycles. The standard InChI is InChI=1S/C25H26N2O3/c1-16-6-10-20(11-7-16)24(29)25(21-12-8-17(2)9-13-21)30-23(28)15-14-22-18(3)26-27(5)19(22)4/h6-15,25H,1-5H3/b15-14+/t25-/m1/s1. The van der Waals surface area contributed by atoms with E-state index in [1.807, 2.05) is 71.1 Å². The van der Waals surface area contributed by atoms with Crippen LogP contribution in [0.25, 0.3) is 6.08 Å². The summed E-state index contributed by atoms with van der Waals surface area (Å²) in [6, 6.07) is 14.7. The Kier molecular flexibility index (Phi) is 6.31. The Hall–Kier alpha value is -3.47. The number of aromatic nitrogens is 2. The zero-order valence-corrected chi connectivity index (χ0v) is 18.0. The quantitative estimate of drug-likeness (QED) is 0.336. The Bertz CT molecular complexity index is 1090. The van der Waals surface area contributed by atoms with Gasteiger partial charge in [0.1, 0.15) is 0 Å². The van der Waals surface area contributed by atoms with E-state index in [-0.39, 0.29) is 5.78 Å². The molecule has 1 atom stereocenters. The summed E-state index contributed by atoms with van der Waals surface area (Å²) in [5, 5.41) is 4.34. The fourth-order valence-corrected chi connectivity index (χ4v) is 3.22. The second-order valence-electron chi connectivity index (χ2n) is 7.50. The van der Waals surface area contributed by atoms with Crippen molar-refractivity contribution in [3.05, 3.63) is 93.8 Å². The molecule has 2 aromatic carbocycles. The van der Waals surface area contributed by atoms with Crippen molar-refractivity contribution in [1.29, 1.82) is 0 Å². The summed E-state index contributed by atoms with van der Waals surface area (Å²) in [6.45, 7) is 7.74. The third-order valence-electron chi connectivity index (χ3n) is 5.14. The highest BCUT2D eigenvalue weighted by atomic mass is 16.5. The van der Waals surface area contributed by atoms with Crippen molar-refractivity contribution in [2.45, 2.75) is 33.8 Å². The number of ether oxygens (including phenoxy) is 1. The summed E-state index contributed by atoms with van der Waals surface area (Å²) in [6.07, 6.45) is 2.02. The van der Waals surface area contributed by atoms with Gasteiger partial charge in [0.25, 0.3) is 0 Å². The molecule has 0 radical (unpaired) electrons. The lowest BCUT2D eigenvalue weighted by Gasteiger charge is -2.17. The summed E-state index contributed by atoms with van der Waals surface area (Å²) < 4.78 is 7.39. The predicted molar refractivity (Wildman–Crippen MR) is 117 cm³/mol. The molecule has 0 amide bonds. The van der Waals surface area contributed by atoms with Gasteiger partial charge < -0.3 is 4.74 Å². The molecule has 5 nitrogen and oxygen atoms in total. The lowest BCUT2D eigenvalue weighted by molar-refractivity contribution is -0.141. The molecule has 0 unspecified atom stereocenters. The number of rotatable bonds is 6. The van der Waals surface area contributed by atoms with Crippen LogP contribution in [0.3, 0.4) is 0 Å². The van der Waals surface area contributed by atoms with Gasteiger partial charge in [-0.2, -0.15) is 5.10 Å². The van der Waals surface area contributed by atoms with E-state index in [4.69, 9.17) is 4.74 Å². The molecule has 0 aliphatic carbocycles. The van der Waals surface area contributed by atoms with E-state index in [2.05, 4.69) is 5.10 Å². The molecule has 1 heterocycles. The number of ketones is 1. The van der Waals surface area contributed by atoms with Gasteiger partial charge in [-0.3, -0.25) is 9.48 Å². The zero-order valence-electron chi connectivity index (χ0n) is 18.0. The van der Waals surface area contributed by atoms with Crippen molar-refractivity contribution in [2.75, 3.05) is 0 Å². The van der Waals surface area contributed by atoms with Crippen LogP contribution in [0.15, 0.2) is 54.6 Å². The van der Waals surface area contributed by atoms with Crippen LogP contribution in [0.5, 0.6) is 0 Å². The van der Waals surface area contributed by atoms with Gasteiger partial charge >= 0.3 is 5.97 Å². The van der Waals surface area contributed by atoms with Crippen molar-refractivity contribution < 1.29 is 14.3 Å². The first-order chi connectivity index (χ1) is 14.3. The first-order valence-corrected chi connectivity index (χ1v) is 9.82. The Labute approximate surface area is 177 Å². The highest BCUT2D eigenvalue weighted by Crippen LogP contribution is 2.24. The minimum Gasteiger partial charge on any atom is -0.446 e. The second-order valence-corrected chi connectivity index (χ2v) is 7.50. The molecule has 0 spiro atoms. The van der Waals surface area contributed by atoms with Gasteiger partial charge in [0, 0.05) is 35.5 Å². The van der Waals surface area contributed by atoms with Gasteiger partial charge in [-0.1, -0.05) is 59.7 Å². The number of Topliss-reactive ketones (excluding diaryl/α,β-unsaturated/α-hetero) is 1. The Morgan fingerprint density at radius 2 is 1.50 bits per heavy atom. The predicted octanol–water partition coefficient (Wildman–Crippen LogP) is 4.83. The molecule has 5 heteroatoms. The third-order valence-corrected chi connectivity index (χ3v) is 5.14. The molecule has 0 aliphatic heterocycles. The van der Waals surface area contributed by atoms with Crippen LogP contribution in [0.2, 0.25) is 0 Å². The molecule has 0 saturated carbocycles. The average Bonchev–Trinajstić information content (AvgIpc) is 2.96. The SMILES string of the molecule is Cc1ccc(C(=O)[C@H](OC(=O)/C=C/c2c(C)nn(C)c2C)c2ccc(C)cc2)cc1. The summed E-state index contributed by atoms with van der Waals surface area (Å²) >= 11 is 0. The number of carbonyl (C=O) groups is 2. The molecular formula is C25H26N2O3. The molecule has 0 N–H and O–H groups in total. The minimum absolute atomic E-state index is 0.255. The number of esters is 1. The Balaban J connectivity index is 1.87. The first kappa shape index (κ1) is 21.2. The number of nitrogens with zero attached hydrogens (tertiary/aromatic N) is 2. The maximum absolute atomic E-state index is 13.1. The monoisotopic (exact) mass is 402 g/mol. The van der Waals surface area contributed by atoms with Crippen LogP contribution >= 0.6 is 0 Å². The highest BCUT2D eigenvalue weighted by molar-refractivity contribution is 6.01. The average molecular weight is 402 g/mol. The lowest BCUT2D eigenvalue weighted by Crippen LogP contribution is -2.19. The molecule has 154 valence electrons. The van der Waals surface area contributed by atoms with Crippen LogP contribution in [-0.2, 0) is 16.6 Å². The number of hydrogen-bond donors (Lipinski definition) is 0. The van der Waals surface area contributed by atoms with E-state index in [1.165, 1.54) is 6.08 Å². The van der Waals surface area contributed by atoms with Crippen molar-refractivity contribution in [2.24, 2.45) is 7.05 Å². The van der Waals surface area contributed by atoms with Gasteiger partial charge in [0.2, 0.25) is 5.78 Å². The van der Waals surface area contributed by atoms with E-state index < -0.39 is 12.1 Å². The van der Waals surface area contributed by atoms with E-state index in [0.29, 0.717) is 11.1 Å². The van der Waals surface area contributed by atoms with Crippen molar-refractivity contribution in [3.63, 3.8) is 0 Å². The summed E-state index contributed by atoms with van der Waals surface area (Å²) in [7, 11) is 1.85. The molecule has 0 aliphatic rings. The van der Waals surface area contributed by atoms with Crippen LogP contribution in [0.1, 0.15) is 50.1 Å². The topological polar surface area (TPSA) is 61.2 Å². The molecule has 1 aromatic heterocycles. The molecule has 3 rings (SSSR count). The fraction of sp³-hybridized carbons (Fsp3) is 0.240. The molecular weight excluding hydrogens is 376 g/mol. The molecule has 3 aromatic rings. The maximum Gasteiger partial charge on any atom is 0.331 e. The van der Waals surface area contributed by atoms with Gasteiger partial charge in [-0.05, 0) is 33.8 Å². The minimum atomic E-state index is -1.01. The zero-order chi connectivity index (χ0) is 21.8. The van der Waals surface area contributed by atoms with Crippen LogP contribution in [0.4, 0.5) is 0 Å². The van der Waals surface area contributed by atoms with Crippen LogP contribution < -0.4 is 0 Å². The highest BCUT2D eigenvalue weighted by Gasteiger charge is 2.25. The fourth-order valence-electron chi connectivity index (χ4n) is 3.22. The van der Waals surface area contributed by atoms with Gasteiger partial charge in [0.15, 0.2) is 6.10 Å². The van der Waals surface area contributed by atoms with Crippen molar-refractivity contribution >= 4 is 17.8 Å². The largest absolute Gasteiger partial charge is 0.446 e. The first-order valence-electron chi connectivity index (χ1n) is 9.82. The normalized spacial score (nSPS) is 12.2. The third kappa shape index (κ3) is 4.74. The van der Waals surface area contributed by atoms with Gasteiger partial charge in [0.05, 0.1) is 5.69 Å². The van der Waals surface area contributed by atoms with E-state index in [9.17, 15) is 9.59 Å². The van der Waals surface area contributed by atoms with Crippen LogP contribution in [-0.4, -0.2) is 21.5 Å². The number of benzene rings is 2. The van der Waals surface area contributed by atoms with Gasteiger partial charge in [-0.25, -0.2) is 4.79 Å². The second kappa shape index (κ2) is 8.91. The summed E-state index contributed by atoms with van der Waals surface area (Å²) in [5.41, 5.74) is 5.90. The van der Waals surface area contributed by atoms with Crippen LogP contribution in [0, 0.1) is 27.7 Å².